The lowest BCUT2D eigenvalue weighted by molar-refractivity contribution is -0.139. The second-order valence-corrected chi connectivity index (χ2v) is 9.53. The molecule has 1 atom stereocenters. The lowest BCUT2D eigenvalue weighted by atomic mass is 10.0. The van der Waals surface area contributed by atoms with Crippen LogP contribution in [0.4, 0.5) is 0 Å². The molecule has 4 nitrogen and oxygen atoms in total. The Morgan fingerprint density at radius 1 is 0.848 bits per heavy atom. The van der Waals surface area contributed by atoms with Gasteiger partial charge in [-0.2, -0.15) is 0 Å². The summed E-state index contributed by atoms with van der Waals surface area (Å²) in [5.41, 5.74) is 3.20. The highest BCUT2D eigenvalue weighted by Crippen LogP contribution is 2.21. The number of nitrogens with zero attached hydrogens (tertiary/aromatic N) is 1. The van der Waals surface area contributed by atoms with Crippen LogP contribution in [0.25, 0.3) is 0 Å². The van der Waals surface area contributed by atoms with Crippen LogP contribution >= 0.6 is 11.8 Å². The highest BCUT2D eigenvalue weighted by Gasteiger charge is 2.30. The monoisotopic (exact) mass is 460 g/mol. The summed E-state index contributed by atoms with van der Waals surface area (Å²) in [6, 6.07) is 27.3. The molecule has 0 fully saturated rings. The molecule has 1 N–H and O–H groups in total. The SMILES string of the molecule is Cc1ccc(CN(C(=O)CSc2ccccc2)[C@@H](Cc2ccccc2)C(=O)NC(C)C)cc1. The van der Waals surface area contributed by atoms with E-state index < -0.39 is 6.04 Å². The van der Waals surface area contributed by atoms with Gasteiger partial charge in [-0.3, -0.25) is 9.59 Å². The third-order valence-electron chi connectivity index (χ3n) is 5.28. The molecule has 172 valence electrons. The molecule has 3 rings (SSSR count). The second-order valence-electron chi connectivity index (χ2n) is 8.48. The molecule has 0 bridgehead atoms. The minimum Gasteiger partial charge on any atom is -0.352 e. The molecule has 0 radical (unpaired) electrons. The highest BCUT2D eigenvalue weighted by molar-refractivity contribution is 8.00. The van der Waals surface area contributed by atoms with Crippen LogP contribution in [0.5, 0.6) is 0 Å². The normalized spacial score (nSPS) is 11.8. The number of carbonyl (C=O) groups is 2. The molecular weight excluding hydrogens is 428 g/mol. The molecule has 3 aromatic carbocycles. The number of aryl methyl sites for hydroxylation is 1. The van der Waals surface area contributed by atoms with Crippen LogP contribution in [0.1, 0.15) is 30.5 Å². The molecule has 0 spiro atoms. The Labute approximate surface area is 201 Å². The van der Waals surface area contributed by atoms with Gasteiger partial charge in [0.25, 0.3) is 0 Å². The summed E-state index contributed by atoms with van der Waals surface area (Å²) < 4.78 is 0. The fourth-order valence-corrected chi connectivity index (χ4v) is 4.38. The Hall–Kier alpha value is -3.05. The number of amides is 2. The van der Waals surface area contributed by atoms with Gasteiger partial charge in [0.2, 0.25) is 11.8 Å². The summed E-state index contributed by atoms with van der Waals surface area (Å²) in [7, 11) is 0. The van der Waals surface area contributed by atoms with E-state index in [1.54, 1.807) is 4.90 Å². The number of carbonyl (C=O) groups excluding carboxylic acids is 2. The van der Waals surface area contributed by atoms with Gasteiger partial charge in [0.15, 0.2) is 0 Å². The van der Waals surface area contributed by atoms with Crippen LogP contribution in [-0.4, -0.2) is 34.6 Å². The van der Waals surface area contributed by atoms with Gasteiger partial charge in [-0.1, -0.05) is 78.4 Å². The minimum atomic E-state index is -0.597. The zero-order valence-electron chi connectivity index (χ0n) is 19.5. The van der Waals surface area contributed by atoms with Crippen LogP contribution in [0.2, 0.25) is 0 Å². The molecule has 0 aliphatic heterocycles. The van der Waals surface area contributed by atoms with Gasteiger partial charge in [0, 0.05) is 23.9 Å². The minimum absolute atomic E-state index is 0.00852. The lowest BCUT2D eigenvalue weighted by Gasteiger charge is -2.32. The van der Waals surface area contributed by atoms with Gasteiger partial charge in [-0.25, -0.2) is 0 Å². The first-order valence-electron chi connectivity index (χ1n) is 11.3. The molecule has 0 aromatic heterocycles. The van der Waals surface area contributed by atoms with Crippen molar-refractivity contribution in [2.45, 2.75) is 50.7 Å². The Morgan fingerprint density at radius 2 is 1.45 bits per heavy atom. The average Bonchev–Trinajstić information content (AvgIpc) is 2.82. The van der Waals surface area contributed by atoms with Crippen molar-refractivity contribution in [1.82, 2.24) is 10.2 Å². The standard InChI is InChI=1S/C28H32N2O2S/c1-21(2)29-28(32)26(18-23-10-6-4-7-11-23)30(19-24-16-14-22(3)15-17-24)27(31)20-33-25-12-8-5-9-13-25/h4-17,21,26H,18-20H2,1-3H3,(H,29,32)/t26-/m0/s1. The molecule has 0 unspecified atom stereocenters. The molecular formula is C28H32N2O2S. The largest absolute Gasteiger partial charge is 0.352 e. The van der Waals surface area contributed by atoms with E-state index >= 15 is 0 Å². The number of hydrogen-bond acceptors (Lipinski definition) is 3. The van der Waals surface area contributed by atoms with E-state index in [0.717, 1.165) is 21.6 Å². The van der Waals surface area contributed by atoms with Crippen LogP contribution in [0.3, 0.4) is 0 Å². The molecule has 0 saturated heterocycles. The number of rotatable bonds is 10. The van der Waals surface area contributed by atoms with Crippen molar-refractivity contribution in [3.63, 3.8) is 0 Å². The fourth-order valence-electron chi connectivity index (χ4n) is 3.57. The summed E-state index contributed by atoms with van der Waals surface area (Å²) in [6.45, 7) is 6.30. The summed E-state index contributed by atoms with van der Waals surface area (Å²) in [5.74, 6) is 0.0964. The predicted octanol–water partition coefficient (Wildman–Crippen LogP) is 5.25. The maximum atomic E-state index is 13.5. The first-order chi connectivity index (χ1) is 15.9. The topological polar surface area (TPSA) is 49.4 Å². The Kier molecular flexibility index (Phi) is 9.14. The van der Waals surface area contributed by atoms with Crippen LogP contribution < -0.4 is 5.32 Å². The quantitative estimate of drug-likeness (QED) is 0.420. The Bertz CT molecular complexity index is 1020. The van der Waals surface area contributed by atoms with Gasteiger partial charge in [0.05, 0.1) is 5.75 Å². The Morgan fingerprint density at radius 3 is 2.06 bits per heavy atom. The maximum absolute atomic E-state index is 13.5. The number of benzene rings is 3. The van der Waals surface area contributed by atoms with Crippen LogP contribution in [-0.2, 0) is 22.6 Å². The summed E-state index contributed by atoms with van der Waals surface area (Å²) in [6.07, 6.45) is 0.465. The summed E-state index contributed by atoms with van der Waals surface area (Å²) in [4.78, 5) is 29.6. The van der Waals surface area contributed by atoms with Crippen molar-refractivity contribution in [2.24, 2.45) is 0 Å². The van der Waals surface area contributed by atoms with E-state index in [9.17, 15) is 9.59 Å². The lowest BCUT2D eigenvalue weighted by Crippen LogP contribution is -2.52. The van der Waals surface area contributed by atoms with Crippen LogP contribution in [0, 0.1) is 6.92 Å². The van der Waals surface area contributed by atoms with Crippen molar-refractivity contribution < 1.29 is 9.59 Å². The van der Waals surface area contributed by atoms with Crippen LogP contribution in [0.15, 0.2) is 89.8 Å². The molecule has 3 aromatic rings. The summed E-state index contributed by atoms with van der Waals surface area (Å²) >= 11 is 1.50. The molecule has 33 heavy (non-hydrogen) atoms. The fraction of sp³-hybridized carbons (Fsp3) is 0.286. The van der Waals surface area contributed by atoms with Gasteiger partial charge >= 0.3 is 0 Å². The average molecular weight is 461 g/mol. The molecule has 0 heterocycles. The number of nitrogens with one attached hydrogen (secondary N) is 1. The molecule has 5 heteroatoms. The van der Waals surface area contributed by atoms with E-state index in [1.807, 2.05) is 106 Å². The maximum Gasteiger partial charge on any atom is 0.243 e. The highest BCUT2D eigenvalue weighted by atomic mass is 32.2. The predicted molar refractivity (Wildman–Crippen MR) is 136 cm³/mol. The van der Waals surface area contributed by atoms with Crippen molar-refractivity contribution in [1.29, 1.82) is 0 Å². The molecule has 0 aliphatic rings. The molecule has 0 aliphatic carbocycles. The van der Waals surface area contributed by atoms with E-state index in [2.05, 4.69) is 5.32 Å². The van der Waals surface area contributed by atoms with Gasteiger partial charge in [-0.15, -0.1) is 11.8 Å². The van der Waals surface area contributed by atoms with E-state index in [4.69, 9.17) is 0 Å². The number of thioether (sulfide) groups is 1. The zero-order chi connectivity index (χ0) is 23.6. The van der Waals surface area contributed by atoms with Gasteiger partial charge in [0.1, 0.15) is 6.04 Å². The van der Waals surface area contributed by atoms with Crippen molar-refractivity contribution in [2.75, 3.05) is 5.75 Å². The van der Waals surface area contributed by atoms with Gasteiger partial charge in [-0.05, 0) is 44.0 Å². The van der Waals surface area contributed by atoms with E-state index in [1.165, 1.54) is 11.8 Å². The van der Waals surface area contributed by atoms with Crippen molar-refractivity contribution in [3.8, 4) is 0 Å². The van der Waals surface area contributed by atoms with Gasteiger partial charge < -0.3 is 10.2 Å². The number of hydrogen-bond donors (Lipinski definition) is 1. The smallest absolute Gasteiger partial charge is 0.243 e. The van der Waals surface area contributed by atoms with Crippen molar-refractivity contribution in [3.05, 3.63) is 102 Å². The van der Waals surface area contributed by atoms with E-state index in [0.29, 0.717) is 13.0 Å². The third-order valence-corrected chi connectivity index (χ3v) is 6.28. The second kappa shape index (κ2) is 12.3. The first-order valence-corrected chi connectivity index (χ1v) is 12.3. The first kappa shape index (κ1) is 24.6. The Balaban J connectivity index is 1.89. The molecule has 2 amide bonds. The zero-order valence-corrected chi connectivity index (χ0v) is 20.3. The summed E-state index contributed by atoms with van der Waals surface area (Å²) in [5, 5.41) is 3.03. The van der Waals surface area contributed by atoms with E-state index in [-0.39, 0.29) is 23.6 Å². The van der Waals surface area contributed by atoms with Crippen molar-refractivity contribution >= 4 is 23.6 Å². The third kappa shape index (κ3) is 7.79. The molecule has 0 saturated carbocycles.